The number of nitrogens with zero attached hydrogens (tertiary/aromatic N) is 4. The molecule has 0 unspecified atom stereocenters. The number of hydrogen-bond donors (Lipinski definition) is 2. The van der Waals surface area contributed by atoms with Crippen LogP contribution >= 0.6 is 0 Å². The molecule has 22 heavy (non-hydrogen) atoms. The number of hydrogen-bond acceptors (Lipinski definition) is 5. The molecule has 2 N–H and O–H groups in total. The zero-order valence-electron chi connectivity index (χ0n) is 12.7. The second-order valence-corrected chi connectivity index (χ2v) is 4.94. The van der Waals surface area contributed by atoms with E-state index in [1.54, 1.807) is 6.07 Å². The van der Waals surface area contributed by atoms with Crippen molar-refractivity contribution in [2.24, 2.45) is 7.05 Å². The Morgan fingerprint density at radius 1 is 1.50 bits per heavy atom. The van der Waals surface area contributed by atoms with Crippen molar-refractivity contribution in [3.05, 3.63) is 33.8 Å². The van der Waals surface area contributed by atoms with E-state index in [4.69, 9.17) is 0 Å². The minimum atomic E-state index is -0.637. The maximum atomic E-state index is 12.2. The van der Waals surface area contributed by atoms with Crippen molar-refractivity contribution >= 4 is 17.4 Å². The van der Waals surface area contributed by atoms with Crippen molar-refractivity contribution in [3.63, 3.8) is 0 Å². The van der Waals surface area contributed by atoms with Gasteiger partial charge in [-0.1, -0.05) is 13.8 Å². The predicted octanol–water partition coefficient (Wildman–Crippen LogP) is 2.21. The monoisotopic (exact) mass is 306 g/mol. The van der Waals surface area contributed by atoms with Gasteiger partial charge in [-0.2, -0.15) is 10.2 Å². The Hall–Kier alpha value is -2.71. The third-order valence-corrected chi connectivity index (χ3v) is 3.60. The highest BCUT2D eigenvalue weighted by Gasteiger charge is 2.26. The van der Waals surface area contributed by atoms with E-state index < -0.39 is 10.8 Å². The summed E-state index contributed by atoms with van der Waals surface area (Å²) in [5.74, 6) is 0.0564. The van der Waals surface area contributed by atoms with E-state index >= 15 is 0 Å². The number of amides is 1. The lowest BCUT2D eigenvalue weighted by Crippen LogP contribution is -2.17. The number of aromatic nitrogens is 4. The van der Waals surface area contributed by atoms with Crippen molar-refractivity contribution in [1.29, 1.82) is 0 Å². The van der Waals surface area contributed by atoms with Gasteiger partial charge in [-0.15, -0.1) is 0 Å². The fourth-order valence-corrected chi connectivity index (χ4v) is 2.34. The van der Waals surface area contributed by atoms with Crippen molar-refractivity contribution in [1.82, 2.24) is 20.0 Å². The van der Waals surface area contributed by atoms with Crippen molar-refractivity contribution < 1.29 is 9.72 Å². The fraction of sp³-hybridized carbons (Fsp3) is 0.462. The first-order valence-electron chi connectivity index (χ1n) is 7.00. The van der Waals surface area contributed by atoms with E-state index in [2.05, 4.69) is 34.5 Å². The zero-order valence-corrected chi connectivity index (χ0v) is 12.7. The van der Waals surface area contributed by atoms with Crippen LogP contribution in [0.2, 0.25) is 0 Å². The largest absolute Gasteiger partial charge is 0.320 e. The van der Waals surface area contributed by atoms with Gasteiger partial charge in [0.15, 0.2) is 5.82 Å². The first-order valence-corrected chi connectivity index (χ1v) is 7.00. The Morgan fingerprint density at radius 3 is 2.77 bits per heavy atom. The molecule has 2 aromatic heterocycles. The lowest BCUT2D eigenvalue weighted by atomic mass is 10.00. The van der Waals surface area contributed by atoms with Crippen molar-refractivity contribution in [2.45, 2.75) is 32.6 Å². The first-order chi connectivity index (χ1) is 10.5. The highest BCUT2D eigenvalue weighted by molar-refractivity contribution is 6.05. The van der Waals surface area contributed by atoms with E-state index in [1.807, 2.05) is 0 Å². The number of nitro groups is 1. The first kappa shape index (κ1) is 15.7. The molecule has 0 aliphatic carbocycles. The second kappa shape index (κ2) is 6.37. The summed E-state index contributed by atoms with van der Waals surface area (Å²) in [6.45, 7) is 4.15. The molecule has 9 heteroatoms. The molecule has 118 valence electrons. The van der Waals surface area contributed by atoms with Crippen LogP contribution in [0.25, 0.3) is 0 Å². The lowest BCUT2D eigenvalue weighted by Gasteiger charge is -2.07. The molecule has 9 nitrogen and oxygen atoms in total. The summed E-state index contributed by atoms with van der Waals surface area (Å²) >= 11 is 0. The van der Waals surface area contributed by atoms with Gasteiger partial charge in [-0.3, -0.25) is 24.7 Å². The molecule has 2 rings (SSSR count). The average Bonchev–Trinajstić information content (AvgIpc) is 3.07. The molecule has 0 bridgehead atoms. The highest BCUT2D eigenvalue weighted by Crippen LogP contribution is 2.23. The summed E-state index contributed by atoms with van der Waals surface area (Å²) in [6, 6.07) is 1.75. The molecule has 0 atom stereocenters. The Labute approximate surface area is 126 Å². The molecule has 1 amide bonds. The van der Waals surface area contributed by atoms with Crippen LogP contribution in [0.15, 0.2) is 12.3 Å². The number of H-pyrrole nitrogens is 1. The van der Waals surface area contributed by atoms with Crippen LogP contribution in [0.1, 0.15) is 48.8 Å². The van der Waals surface area contributed by atoms with E-state index in [0.717, 1.165) is 24.7 Å². The van der Waals surface area contributed by atoms with E-state index in [1.165, 1.54) is 11.7 Å². The number of anilines is 1. The highest BCUT2D eigenvalue weighted by atomic mass is 16.6. The summed E-state index contributed by atoms with van der Waals surface area (Å²) in [7, 11) is 1.47. The van der Waals surface area contributed by atoms with Gasteiger partial charge in [0, 0.05) is 24.7 Å². The summed E-state index contributed by atoms with van der Waals surface area (Å²) < 4.78 is 1.17. The Bertz CT molecular complexity index is 686. The van der Waals surface area contributed by atoms with Gasteiger partial charge in [-0.25, -0.2) is 0 Å². The van der Waals surface area contributed by atoms with Crippen LogP contribution in [0.3, 0.4) is 0 Å². The summed E-state index contributed by atoms with van der Waals surface area (Å²) in [4.78, 5) is 22.5. The Kier molecular flexibility index (Phi) is 4.54. The van der Waals surface area contributed by atoms with Crippen molar-refractivity contribution in [3.8, 4) is 0 Å². The van der Waals surface area contributed by atoms with Gasteiger partial charge < -0.3 is 5.32 Å². The molecule has 0 aromatic carbocycles. The minimum Gasteiger partial charge on any atom is -0.304 e. The number of carbonyl (C=O) groups excluding carboxylic acids is 1. The number of carbonyl (C=O) groups is 1. The maximum absolute atomic E-state index is 12.2. The molecule has 0 aliphatic heterocycles. The minimum absolute atomic E-state index is 0.114. The Morgan fingerprint density at radius 2 is 2.18 bits per heavy atom. The summed E-state index contributed by atoms with van der Waals surface area (Å²) in [5.41, 5.74) is 0.479. The van der Waals surface area contributed by atoms with E-state index in [9.17, 15) is 14.9 Å². The molecule has 0 radical (unpaired) electrons. The smallest absolute Gasteiger partial charge is 0.304 e. The molecule has 2 heterocycles. The van der Waals surface area contributed by atoms with Gasteiger partial charge in [0.2, 0.25) is 5.69 Å². The molecule has 0 saturated heterocycles. The molecule has 0 saturated carbocycles. The zero-order chi connectivity index (χ0) is 16.3. The van der Waals surface area contributed by atoms with Crippen molar-refractivity contribution in [2.75, 3.05) is 5.32 Å². The van der Waals surface area contributed by atoms with Crippen LogP contribution < -0.4 is 5.32 Å². The van der Waals surface area contributed by atoms with Gasteiger partial charge in [0.25, 0.3) is 5.91 Å². The predicted molar refractivity (Wildman–Crippen MR) is 79.7 cm³/mol. The molecule has 0 spiro atoms. The lowest BCUT2D eigenvalue weighted by molar-refractivity contribution is -0.385. The summed E-state index contributed by atoms with van der Waals surface area (Å²) in [6.07, 6.45) is 2.97. The fourth-order valence-electron chi connectivity index (χ4n) is 2.34. The summed E-state index contributed by atoms with van der Waals surface area (Å²) in [5, 5.41) is 24.1. The third kappa shape index (κ3) is 2.97. The Balaban J connectivity index is 2.20. The molecule has 0 aliphatic rings. The van der Waals surface area contributed by atoms with E-state index in [0.29, 0.717) is 11.7 Å². The quantitative estimate of drug-likeness (QED) is 0.626. The van der Waals surface area contributed by atoms with Gasteiger partial charge >= 0.3 is 5.69 Å². The van der Waals surface area contributed by atoms with Gasteiger partial charge in [0.1, 0.15) is 6.20 Å². The van der Waals surface area contributed by atoms with Crippen LogP contribution in [-0.4, -0.2) is 30.8 Å². The third-order valence-electron chi connectivity index (χ3n) is 3.60. The molecular formula is C13H18N6O3. The van der Waals surface area contributed by atoms with E-state index in [-0.39, 0.29) is 11.4 Å². The average molecular weight is 306 g/mol. The normalized spacial score (nSPS) is 10.9. The molecule has 2 aromatic rings. The van der Waals surface area contributed by atoms with Crippen LogP contribution in [0, 0.1) is 10.1 Å². The maximum Gasteiger partial charge on any atom is 0.320 e. The molecular weight excluding hydrogens is 288 g/mol. The standard InChI is InChI=1S/C13H18N6O3/c1-4-8(5-2)9-6-11(17-16-9)15-13(20)12-10(19(21)22)7-14-18(12)3/h6-8H,4-5H2,1-3H3,(H2,15,16,17,20). The van der Waals surface area contributed by atoms with Gasteiger partial charge in [0.05, 0.1) is 4.92 Å². The second-order valence-electron chi connectivity index (χ2n) is 4.94. The van der Waals surface area contributed by atoms with Crippen LogP contribution in [0.5, 0.6) is 0 Å². The number of nitrogens with one attached hydrogen (secondary N) is 2. The van der Waals surface area contributed by atoms with Crippen LogP contribution in [-0.2, 0) is 7.05 Å². The number of aryl methyl sites for hydroxylation is 1. The SMILES string of the molecule is CCC(CC)c1cc(NC(=O)c2c([N+](=O)[O-])cnn2C)n[nH]1. The topological polar surface area (TPSA) is 119 Å². The number of rotatable bonds is 6. The van der Waals surface area contributed by atoms with Crippen LogP contribution in [0.4, 0.5) is 11.5 Å². The number of aromatic amines is 1. The molecule has 0 fully saturated rings. The van der Waals surface area contributed by atoms with Gasteiger partial charge in [-0.05, 0) is 12.8 Å².